The Hall–Kier alpha value is -0.206. The van der Waals surface area contributed by atoms with Crippen LogP contribution in [-0.4, -0.2) is 11.9 Å². The van der Waals surface area contributed by atoms with Crippen molar-refractivity contribution in [3.63, 3.8) is 0 Å². The number of hydrogen-bond donors (Lipinski definition) is 0. The van der Waals surface area contributed by atoms with E-state index in [-0.39, 0.29) is 38.3 Å². The minimum absolute atomic E-state index is 0. The van der Waals surface area contributed by atoms with Gasteiger partial charge in [0.15, 0.2) is 0 Å². The quantitative estimate of drug-likeness (QED) is 0.362. The molecule has 0 fully saturated rings. The molecule has 0 aliphatic heterocycles. The SMILES string of the molecule is CC.CC.CC.CC.CC=O.C[C-](C)C(C)(C)Oc1ccccc1.[Y]. The van der Waals surface area contributed by atoms with Crippen LogP contribution >= 0.6 is 0 Å². The molecule has 0 amide bonds. The molecule has 1 aromatic carbocycles. The second-order valence-corrected chi connectivity index (χ2v) is 4.16. The zero-order chi connectivity index (χ0) is 20.6. The fourth-order valence-corrected chi connectivity index (χ4v) is 0.885. The first-order valence-electron chi connectivity index (χ1n) is 9.38. The number of benzene rings is 1. The van der Waals surface area contributed by atoms with Crippen LogP contribution in [0.5, 0.6) is 5.75 Å². The van der Waals surface area contributed by atoms with E-state index in [1.165, 1.54) is 12.8 Å². The molecule has 0 heterocycles. The van der Waals surface area contributed by atoms with Gasteiger partial charge in [-0.3, -0.25) is 5.92 Å². The number of aldehydes is 1. The molecule has 0 atom stereocenters. The van der Waals surface area contributed by atoms with Gasteiger partial charge in [-0.2, -0.15) is 13.8 Å². The van der Waals surface area contributed by atoms with Crippen molar-refractivity contribution < 1.29 is 42.2 Å². The molecule has 1 aromatic rings. The molecule has 0 aliphatic carbocycles. The summed E-state index contributed by atoms with van der Waals surface area (Å²) in [5.74, 6) is 2.20. The molecular formula is C22H45O2Y-. The van der Waals surface area contributed by atoms with E-state index in [4.69, 9.17) is 9.53 Å². The van der Waals surface area contributed by atoms with Crippen molar-refractivity contribution in [2.45, 2.75) is 95.6 Å². The van der Waals surface area contributed by atoms with Crippen LogP contribution in [-0.2, 0) is 37.5 Å². The van der Waals surface area contributed by atoms with E-state index >= 15 is 0 Å². The van der Waals surface area contributed by atoms with E-state index in [1.807, 2.05) is 85.7 Å². The van der Waals surface area contributed by atoms with Gasteiger partial charge in [-0.05, 0) is 24.7 Å². The zero-order valence-corrected chi connectivity index (χ0v) is 22.2. The fraction of sp³-hybridized carbons (Fsp3) is 0.636. The molecule has 0 spiro atoms. The molecule has 1 radical (unpaired) electrons. The Kier molecular flexibility index (Phi) is 55.6. The summed E-state index contributed by atoms with van der Waals surface area (Å²) in [5, 5.41) is 0. The Morgan fingerprint density at radius 3 is 1.36 bits per heavy atom. The van der Waals surface area contributed by atoms with Crippen molar-refractivity contribution in [1.29, 1.82) is 0 Å². The molecule has 0 aliphatic rings. The van der Waals surface area contributed by atoms with Gasteiger partial charge in [-0.1, -0.05) is 87.4 Å². The second-order valence-electron chi connectivity index (χ2n) is 4.16. The summed E-state index contributed by atoms with van der Waals surface area (Å²) in [6.07, 6.45) is 0.750. The Balaban J connectivity index is -0.0000000640. The van der Waals surface area contributed by atoms with E-state index in [1.54, 1.807) is 0 Å². The van der Waals surface area contributed by atoms with Crippen LogP contribution in [0.4, 0.5) is 0 Å². The van der Waals surface area contributed by atoms with Gasteiger partial charge in [0.1, 0.15) is 12.0 Å². The molecule has 0 saturated heterocycles. The van der Waals surface area contributed by atoms with E-state index < -0.39 is 0 Å². The zero-order valence-electron chi connectivity index (χ0n) is 19.4. The van der Waals surface area contributed by atoms with Crippen molar-refractivity contribution in [3.8, 4) is 5.75 Å². The van der Waals surface area contributed by atoms with Crippen LogP contribution in [0.25, 0.3) is 0 Å². The van der Waals surface area contributed by atoms with Crippen molar-refractivity contribution in [3.05, 3.63) is 36.2 Å². The minimum atomic E-state index is -0.179. The molecule has 2 nitrogen and oxygen atoms in total. The summed E-state index contributed by atoms with van der Waals surface area (Å²) in [7, 11) is 0. The maximum atomic E-state index is 8.81. The van der Waals surface area contributed by atoms with Crippen LogP contribution in [0, 0.1) is 5.92 Å². The average Bonchev–Trinajstić information content (AvgIpc) is 2.63. The van der Waals surface area contributed by atoms with E-state index in [2.05, 4.69) is 27.7 Å². The minimum Gasteiger partial charge on any atom is -0.519 e. The second kappa shape index (κ2) is 35.0. The molecule has 0 N–H and O–H groups in total. The van der Waals surface area contributed by atoms with Gasteiger partial charge >= 0.3 is 0 Å². The molecule has 0 saturated carbocycles. The van der Waals surface area contributed by atoms with Gasteiger partial charge in [-0.25, -0.2) is 0 Å². The predicted octanol–water partition coefficient (Wildman–Crippen LogP) is 7.77. The van der Waals surface area contributed by atoms with Gasteiger partial charge in [-0.15, -0.1) is 0 Å². The summed E-state index contributed by atoms with van der Waals surface area (Å²) in [5.41, 5.74) is -0.179. The maximum absolute atomic E-state index is 8.81. The van der Waals surface area contributed by atoms with Gasteiger partial charge in [0.05, 0.1) is 0 Å². The van der Waals surface area contributed by atoms with E-state index in [0.29, 0.717) is 0 Å². The Bertz CT molecular complexity index is 296. The van der Waals surface area contributed by atoms with Crippen LogP contribution in [0.1, 0.15) is 90.0 Å². The molecule has 1 rings (SSSR count). The van der Waals surface area contributed by atoms with E-state index in [9.17, 15) is 0 Å². The third-order valence-corrected chi connectivity index (χ3v) is 2.32. The van der Waals surface area contributed by atoms with Crippen molar-refractivity contribution >= 4 is 6.29 Å². The van der Waals surface area contributed by atoms with E-state index in [0.717, 1.165) is 12.0 Å². The molecule has 0 aromatic heterocycles. The predicted molar refractivity (Wildman–Crippen MR) is 113 cm³/mol. The molecular weight excluding hydrogens is 385 g/mol. The Labute approximate surface area is 185 Å². The fourth-order valence-electron chi connectivity index (χ4n) is 0.885. The maximum Gasteiger partial charge on any atom is 0.116 e. The summed E-state index contributed by atoms with van der Waals surface area (Å²) < 4.78 is 5.83. The largest absolute Gasteiger partial charge is 0.519 e. The van der Waals surface area contributed by atoms with Gasteiger partial charge < -0.3 is 9.53 Å². The first kappa shape index (κ1) is 39.7. The van der Waals surface area contributed by atoms with Crippen LogP contribution < -0.4 is 4.74 Å². The Morgan fingerprint density at radius 2 is 1.12 bits per heavy atom. The normalized spacial score (nSPS) is 7.60. The summed E-state index contributed by atoms with van der Waals surface area (Å²) in [6, 6.07) is 9.91. The summed E-state index contributed by atoms with van der Waals surface area (Å²) >= 11 is 0. The topological polar surface area (TPSA) is 26.3 Å². The molecule has 3 heteroatoms. The van der Waals surface area contributed by atoms with Gasteiger partial charge in [0.25, 0.3) is 0 Å². The van der Waals surface area contributed by atoms with Gasteiger partial charge in [0.2, 0.25) is 0 Å². The average molecular weight is 431 g/mol. The Morgan fingerprint density at radius 1 is 0.840 bits per heavy atom. The number of rotatable bonds is 3. The van der Waals surface area contributed by atoms with Crippen LogP contribution in [0.15, 0.2) is 30.3 Å². The van der Waals surface area contributed by atoms with Gasteiger partial charge in [0, 0.05) is 32.7 Å². The molecule has 0 unspecified atom stereocenters. The third kappa shape index (κ3) is 32.0. The number of ether oxygens (including phenoxy) is 1. The summed E-state index contributed by atoms with van der Waals surface area (Å²) in [4.78, 5) is 8.81. The smallest absolute Gasteiger partial charge is 0.116 e. The monoisotopic (exact) mass is 430 g/mol. The number of carbonyl (C=O) groups is 1. The standard InChI is InChI=1S/C12H17O.C2H4O.4C2H6.Y/c1-10(2)12(3,4)13-11-8-6-5-7-9-11;1-2-3;4*1-2;/h5-9H,1-4H3;2H,1H3;4*1-2H3;/q-1;;;;;;. The third-order valence-electron chi connectivity index (χ3n) is 2.32. The number of carbonyl (C=O) groups excluding carboxylic acids is 1. The van der Waals surface area contributed by atoms with Crippen molar-refractivity contribution in [2.75, 3.05) is 0 Å². The van der Waals surface area contributed by atoms with Crippen molar-refractivity contribution in [2.24, 2.45) is 0 Å². The number of hydrogen-bond acceptors (Lipinski definition) is 2. The first-order valence-corrected chi connectivity index (χ1v) is 9.38. The molecule has 149 valence electrons. The number of para-hydroxylation sites is 1. The van der Waals surface area contributed by atoms with Crippen LogP contribution in [0.2, 0.25) is 0 Å². The summed E-state index contributed by atoms with van der Waals surface area (Å²) in [6.45, 7) is 25.8. The van der Waals surface area contributed by atoms with Crippen LogP contribution in [0.3, 0.4) is 0 Å². The first-order chi connectivity index (χ1) is 11.4. The molecule has 0 bridgehead atoms. The molecule has 25 heavy (non-hydrogen) atoms. The van der Waals surface area contributed by atoms with Crippen molar-refractivity contribution in [1.82, 2.24) is 0 Å².